The van der Waals surface area contributed by atoms with Gasteiger partial charge < -0.3 is 10.6 Å². The molecule has 8 nitrogen and oxygen atoms in total. The van der Waals surface area contributed by atoms with Crippen molar-refractivity contribution in [1.82, 2.24) is 14.7 Å². The highest BCUT2D eigenvalue weighted by atomic mass is 32.2. The van der Waals surface area contributed by atoms with E-state index in [-0.39, 0.29) is 11.8 Å². The lowest BCUT2D eigenvalue weighted by atomic mass is 9.89. The zero-order valence-corrected chi connectivity index (χ0v) is 21.3. The monoisotopic (exact) mass is 547 g/mol. The molecule has 1 aliphatic carbocycles. The van der Waals surface area contributed by atoms with Gasteiger partial charge in [-0.1, -0.05) is 67.8 Å². The standard InChI is InChI=1S/C26H28F3N5O3S/c27-26(28,29)38(36,37)34-24(35)21-17-31-25(30-16-19-11-5-2-6-12-19)33-23(21)32-22-14-8-7-13-20(22)15-18-9-3-1-4-10-18/h1,3-4,7-10,13-14,17,19H,2,5-6,11-12,15-16H2,(H,34,35)(H2,30,31,32,33). The molecule has 1 amide bonds. The molecule has 1 aliphatic rings. The Morgan fingerprint density at radius 3 is 2.37 bits per heavy atom. The molecule has 1 aromatic heterocycles. The van der Waals surface area contributed by atoms with Crippen LogP contribution in [0.4, 0.5) is 30.6 Å². The summed E-state index contributed by atoms with van der Waals surface area (Å²) in [4.78, 5) is 21.1. The van der Waals surface area contributed by atoms with E-state index in [1.807, 2.05) is 42.5 Å². The maximum absolute atomic E-state index is 12.9. The van der Waals surface area contributed by atoms with Gasteiger partial charge in [-0.2, -0.15) is 26.6 Å². The largest absolute Gasteiger partial charge is 0.516 e. The second kappa shape index (κ2) is 11.8. The Hall–Kier alpha value is -3.67. The van der Waals surface area contributed by atoms with Crippen molar-refractivity contribution in [3.8, 4) is 0 Å². The van der Waals surface area contributed by atoms with Crippen molar-refractivity contribution >= 4 is 33.4 Å². The summed E-state index contributed by atoms with van der Waals surface area (Å²) in [6, 6.07) is 16.8. The predicted molar refractivity (Wildman–Crippen MR) is 139 cm³/mol. The molecule has 0 bridgehead atoms. The number of aromatic nitrogens is 2. The van der Waals surface area contributed by atoms with Crippen LogP contribution in [0, 0.1) is 5.92 Å². The molecule has 1 saturated carbocycles. The second-order valence-electron chi connectivity index (χ2n) is 9.17. The van der Waals surface area contributed by atoms with Crippen molar-refractivity contribution in [2.75, 3.05) is 17.2 Å². The molecule has 3 N–H and O–H groups in total. The fourth-order valence-electron chi connectivity index (χ4n) is 4.33. The van der Waals surface area contributed by atoms with Crippen LogP contribution in [0.25, 0.3) is 0 Å². The summed E-state index contributed by atoms with van der Waals surface area (Å²) in [5.74, 6) is -1.00. The Morgan fingerprint density at radius 1 is 0.974 bits per heavy atom. The topological polar surface area (TPSA) is 113 Å². The van der Waals surface area contributed by atoms with Gasteiger partial charge in [-0.05, 0) is 42.4 Å². The van der Waals surface area contributed by atoms with Crippen LogP contribution in [0.3, 0.4) is 0 Å². The molecule has 1 heterocycles. The lowest BCUT2D eigenvalue weighted by Crippen LogP contribution is -2.40. The van der Waals surface area contributed by atoms with E-state index in [0.717, 1.165) is 47.7 Å². The number of nitrogens with zero attached hydrogens (tertiary/aromatic N) is 2. The van der Waals surface area contributed by atoms with Gasteiger partial charge in [-0.3, -0.25) is 4.79 Å². The number of hydrogen-bond acceptors (Lipinski definition) is 7. The molecule has 1 fully saturated rings. The third kappa shape index (κ3) is 7.00. The molecule has 4 rings (SSSR count). The molecule has 0 spiro atoms. The summed E-state index contributed by atoms with van der Waals surface area (Å²) in [7, 11) is -5.92. The minimum absolute atomic E-state index is 0.124. The molecule has 2 aromatic carbocycles. The minimum Gasteiger partial charge on any atom is -0.354 e. The number of rotatable bonds is 9. The molecule has 202 valence electrons. The number of hydrogen-bond donors (Lipinski definition) is 3. The molecular formula is C26H28F3N5O3S. The van der Waals surface area contributed by atoms with Gasteiger partial charge in [0.25, 0.3) is 5.91 Å². The van der Waals surface area contributed by atoms with Crippen LogP contribution < -0.4 is 15.4 Å². The lowest BCUT2D eigenvalue weighted by Gasteiger charge is -2.22. The minimum atomic E-state index is -5.92. The maximum atomic E-state index is 12.9. The molecule has 0 atom stereocenters. The zero-order valence-electron chi connectivity index (χ0n) is 20.5. The third-order valence-electron chi connectivity index (χ3n) is 6.35. The van der Waals surface area contributed by atoms with Crippen LogP contribution in [0.2, 0.25) is 0 Å². The van der Waals surface area contributed by atoms with Crippen molar-refractivity contribution in [1.29, 1.82) is 0 Å². The van der Waals surface area contributed by atoms with E-state index in [1.165, 1.54) is 6.42 Å². The van der Waals surface area contributed by atoms with E-state index in [9.17, 15) is 26.4 Å². The van der Waals surface area contributed by atoms with Crippen molar-refractivity contribution in [3.63, 3.8) is 0 Å². The molecule has 0 saturated heterocycles. The predicted octanol–water partition coefficient (Wildman–Crippen LogP) is 5.38. The first-order valence-corrected chi connectivity index (χ1v) is 13.7. The fraction of sp³-hybridized carbons (Fsp3) is 0.346. The van der Waals surface area contributed by atoms with Crippen LogP contribution in [0.15, 0.2) is 60.8 Å². The summed E-state index contributed by atoms with van der Waals surface area (Å²) < 4.78 is 62.9. The maximum Gasteiger partial charge on any atom is 0.516 e. The Bertz CT molecular complexity index is 1360. The first-order valence-electron chi connectivity index (χ1n) is 12.3. The summed E-state index contributed by atoms with van der Waals surface area (Å²) in [6.45, 7) is 0.609. The first-order chi connectivity index (χ1) is 18.1. The number of nitrogens with one attached hydrogen (secondary N) is 3. The molecule has 0 aliphatic heterocycles. The van der Waals surface area contributed by atoms with Gasteiger partial charge in [0.2, 0.25) is 5.95 Å². The van der Waals surface area contributed by atoms with Gasteiger partial charge in [0.05, 0.1) is 0 Å². The van der Waals surface area contributed by atoms with E-state index < -0.39 is 27.0 Å². The van der Waals surface area contributed by atoms with E-state index >= 15 is 0 Å². The van der Waals surface area contributed by atoms with Crippen molar-refractivity contribution in [2.45, 2.75) is 44.0 Å². The van der Waals surface area contributed by atoms with Gasteiger partial charge in [-0.15, -0.1) is 0 Å². The third-order valence-corrected chi connectivity index (χ3v) is 7.41. The summed E-state index contributed by atoms with van der Waals surface area (Å²) in [5, 5.41) is 6.16. The van der Waals surface area contributed by atoms with Gasteiger partial charge in [-0.25, -0.2) is 9.71 Å². The van der Waals surface area contributed by atoms with Gasteiger partial charge in [0.1, 0.15) is 11.4 Å². The Morgan fingerprint density at radius 2 is 1.66 bits per heavy atom. The number of sulfonamides is 1. The van der Waals surface area contributed by atoms with E-state index in [4.69, 9.17) is 0 Å². The number of alkyl halides is 3. The molecule has 12 heteroatoms. The summed E-state index contributed by atoms with van der Waals surface area (Å²) in [6.07, 6.45) is 7.18. The van der Waals surface area contributed by atoms with Crippen molar-refractivity contribution in [3.05, 3.63) is 77.5 Å². The lowest BCUT2D eigenvalue weighted by molar-refractivity contribution is -0.0446. The molecule has 38 heavy (non-hydrogen) atoms. The highest BCUT2D eigenvalue weighted by molar-refractivity contribution is 7.90. The molecular weight excluding hydrogens is 519 g/mol. The number of carbonyl (C=O) groups excluding carboxylic acids is 1. The summed E-state index contributed by atoms with van der Waals surface area (Å²) >= 11 is 0. The highest BCUT2D eigenvalue weighted by Gasteiger charge is 2.47. The quantitative estimate of drug-likeness (QED) is 0.330. The molecule has 3 aromatic rings. The number of carbonyl (C=O) groups is 1. The van der Waals surface area contributed by atoms with Crippen LogP contribution in [0.1, 0.15) is 53.6 Å². The average Bonchev–Trinajstić information content (AvgIpc) is 2.89. The van der Waals surface area contributed by atoms with Gasteiger partial charge in [0.15, 0.2) is 0 Å². The number of benzene rings is 2. The Balaban J connectivity index is 1.63. The summed E-state index contributed by atoms with van der Waals surface area (Å²) in [5.41, 5.74) is -3.69. The van der Waals surface area contributed by atoms with Crippen molar-refractivity contribution in [2.24, 2.45) is 5.92 Å². The Kier molecular flexibility index (Phi) is 8.50. The normalized spacial score (nSPS) is 14.6. The van der Waals surface area contributed by atoms with Crippen LogP contribution in [-0.4, -0.2) is 36.3 Å². The number of amides is 1. The fourth-order valence-corrected chi connectivity index (χ4v) is 4.80. The van der Waals surface area contributed by atoms with Crippen LogP contribution >= 0.6 is 0 Å². The number of halogens is 3. The van der Waals surface area contributed by atoms with Gasteiger partial charge in [0, 0.05) is 18.4 Å². The highest BCUT2D eigenvalue weighted by Crippen LogP contribution is 2.28. The van der Waals surface area contributed by atoms with Gasteiger partial charge >= 0.3 is 15.5 Å². The van der Waals surface area contributed by atoms with Crippen LogP contribution in [-0.2, 0) is 16.4 Å². The van der Waals surface area contributed by atoms with Crippen LogP contribution in [0.5, 0.6) is 0 Å². The average molecular weight is 548 g/mol. The first kappa shape index (κ1) is 27.4. The van der Waals surface area contributed by atoms with E-state index in [2.05, 4.69) is 20.6 Å². The van der Waals surface area contributed by atoms with E-state index in [0.29, 0.717) is 24.6 Å². The smallest absolute Gasteiger partial charge is 0.354 e. The number of para-hydroxylation sites is 1. The second-order valence-corrected chi connectivity index (χ2v) is 10.8. The SMILES string of the molecule is O=C(NS(=O)(=O)C(F)(F)F)c1cnc(NCC2CCCCC2)nc1Nc1ccccc1Cc1ccccc1. The molecule has 0 unspecified atom stereocenters. The molecule has 0 radical (unpaired) electrons. The zero-order chi connectivity index (χ0) is 27.2. The Labute approximate surface area is 219 Å². The number of anilines is 3. The van der Waals surface area contributed by atoms with E-state index in [1.54, 1.807) is 12.1 Å². The van der Waals surface area contributed by atoms with Crippen molar-refractivity contribution < 1.29 is 26.4 Å².